The van der Waals surface area contributed by atoms with Crippen LogP contribution < -0.4 is 0 Å². The van der Waals surface area contributed by atoms with E-state index in [1.165, 1.54) is 17.7 Å². The van der Waals surface area contributed by atoms with Gasteiger partial charge in [-0.05, 0) is 84.5 Å². The maximum Gasteiger partial charge on any atom is 0.253 e. The molecule has 1 aliphatic rings. The minimum atomic E-state index is -0.545. The molecule has 0 saturated heterocycles. The standard InChI is InChI=1S/C27H29FN2O2/c1-30(18-21-3-2-14-29-17-21)27(32)23-7-4-19(5-8-23)15-20-6-9-24(16-20)26(31)22-10-12-25(28)13-11-22/h2-5,7-8,10-14,17,20,24,26,31H,6,9,15-16,18H2,1H3/t20-,24-,26+/m0/s1. The number of benzene rings is 2. The number of amides is 1. The molecule has 2 aromatic carbocycles. The highest BCUT2D eigenvalue weighted by Crippen LogP contribution is 2.40. The third kappa shape index (κ3) is 5.40. The average molecular weight is 433 g/mol. The van der Waals surface area contributed by atoms with Gasteiger partial charge in [0.25, 0.3) is 5.91 Å². The lowest BCUT2D eigenvalue weighted by molar-refractivity contribution is 0.0785. The third-order valence-electron chi connectivity index (χ3n) is 6.45. The summed E-state index contributed by atoms with van der Waals surface area (Å²) in [7, 11) is 1.80. The van der Waals surface area contributed by atoms with Crippen molar-refractivity contribution in [2.24, 2.45) is 11.8 Å². The van der Waals surface area contributed by atoms with Crippen LogP contribution in [0.15, 0.2) is 73.1 Å². The van der Waals surface area contributed by atoms with Crippen LogP contribution in [0.1, 0.15) is 52.4 Å². The van der Waals surface area contributed by atoms with Crippen molar-refractivity contribution in [3.05, 3.63) is 101 Å². The molecule has 3 atom stereocenters. The SMILES string of the molecule is CN(Cc1cccnc1)C(=O)c1ccc(C[C@@H]2CC[C@H]([C@H](O)c3ccc(F)cc3)C2)cc1. The van der Waals surface area contributed by atoms with Crippen molar-refractivity contribution in [1.82, 2.24) is 9.88 Å². The van der Waals surface area contributed by atoms with E-state index in [1.807, 2.05) is 36.4 Å². The van der Waals surface area contributed by atoms with E-state index in [1.54, 1.807) is 36.5 Å². The van der Waals surface area contributed by atoms with Crippen molar-refractivity contribution in [3.8, 4) is 0 Å². The van der Waals surface area contributed by atoms with E-state index in [2.05, 4.69) is 4.98 Å². The largest absolute Gasteiger partial charge is 0.388 e. The fourth-order valence-corrected chi connectivity index (χ4v) is 4.69. The highest BCUT2D eigenvalue weighted by atomic mass is 19.1. The summed E-state index contributed by atoms with van der Waals surface area (Å²) in [5.74, 6) is 0.413. The molecule has 0 unspecified atom stereocenters. The predicted octanol–water partition coefficient (Wildman–Crippen LogP) is 5.19. The first kappa shape index (κ1) is 22.2. The summed E-state index contributed by atoms with van der Waals surface area (Å²) >= 11 is 0. The predicted molar refractivity (Wildman–Crippen MR) is 122 cm³/mol. The first-order valence-electron chi connectivity index (χ1n) is 11.2. The fraction of sp³-hybridized carbons (Fsp3) is 0.333. The van der Waals surface area contributed by atoms with Gasteiger partial charge in [-0.25, -0.2) is 4.39 Å². The van der Waals surface area contributed by atoms with Gasteiger partial charge < -0.3 is 10.0 Å². The highest BCUT2D eigenvalue weighted by molar-refractivity contribution is 5.94. The number of nitrogens with zero attached hydrogens (tertiary/aromatic N) is 2. The van der Waals surface area contributed by atoms with Crippen molar-refractivity contribution < 1.29 is 14.3 Å². The van der Waals surface area contributed by atoms with Crippen LogP contribution in [-0.4, -0.2) is 27.9 Å². The molecule has 32 heavy (non-hydrogen) atoms. The second-order valence-corrected chi connectivity index (χ2v) is 8.86. The normalized spacial score (nSPS) is 19.0. The van der Waals surface area contributed by atoms with Gasteiger partial charge in [0.1, 0.15) is 5.82 Å². The molecule has 1 aromatic heterocycles. The zero-order chi connectivity index (χ0) is 22.5. The van der Waals surface area contributed by atoms with E-state index in [-0.39, 0.29) is 17.6 Å². The summed E-state index contributed by atoms with van der Waals surface area (Å²) in [4.78, 5) is 18.5. The molecule has 4 rings (SSSR count). The molecule has 4 nitrogen and oxygen atoms in total. The van der Waals surface area contributed by atoms with Gasteiger partial charge in [-0.15, -0.1) is 0 Å². The van der Waals surface area contributed by atoms with E-state index < -0.39 is 6.10 Å². The highest BCUT2D eigenvalue weighted by Gasteiger charge is 2.30. The van der Waals surface area contributed by atoms with E-state index in [9.17, 15) is 14.3 Å². The number of aliphatic hydroxyl groups is 1. The number of rotatable bonds is 7. The summed E-state index contributed by atoms with van der Waals surface area (Å²) < 4.78 is 13.1. The number of halogens is 1. The molecular weight excluding hydrogens is 403 g/mol. The number of carbonyl (C=O) groups excluding carboxylic acids is 1. The lowest BCUT2D eigenvalue weighted by Crippen LogP contribution is -2.26. The number of hydrogen-bond donors (Lipinski definition) is 1. The second kappa shape index (κ2) is 10.0. The molecule has 0 aliphatic heterocycles. The van der Waals surface area contributed by atoms with Crippen molar-refractivity contribution >= 4 is 5.91 Å². The first-order chi connectivity index (χ1) is 15.5. The topological polar surface area (TPSA) is 53.4 Å². The molecular formula is C27H29FN2O2. The van der Waals surface area contributed by atoms with Crippen molar-refractivity contribution in [2.45, 2.75) is 38.3 Å². The van der Waals surface area contributed by atoms with E-state index in [0.717, 1.165) is 36.8 Å². The second-order valence-electron chi connectivity index (χ2n) is 8.86. The van der Waals surface area contributed by atoms with Crippen LogP contribution in [0.4, 0.5) is 4.39 Å². The number of aromatic nitrogens is 1. The average Bonchev–Trinajstić information content (AvgIpc) is 3.28. The molecule has 0 radical (unpaired) electrons. The van der Waals surface area contributed by atoms with Gasteiger partial charge in [-0.2, -0.15) is 0 Å². The van der Waals surface area contributed by atoms with E-state index >= 15 is 0 Å². The maximum atomic E-state index is 13.1. The molecule has 1 aliphatic carbocycles. The van der Waals surface area contributed by atoms with Gasteiger partial charge in [0.2, 0.25) is 0 Å². The molecule has 1 N–H and O–H groups in total. The monoisotopic (exact) mass is 432 g/mol. The van der Waals surface area contributed by atoms with E-state index in [0.29, 0.717) is 18.0 Å². The molecule has 1 saturated carbocycles. The summed E-state index contributed by atoms with van der Waals surface area (Å²) in [5.41, 5.74) is 3.67. The zero-order valence-electron chi connectivity index (χ0n) is 18.3. The number of aliphatic hydroxyl groups excluding tert-OH is 1. The number of hydrogen-bond acceptors (Lipinski definition) is 3. The summed E-state index contributed by atoms with van der Waals surface area (Å²) in [6, 6.07) is 17.9. The smallest absolute Gasteiger partial charge is 0.253 e. The quantitative estimate of drug-likeness (QED) is 0.559. The Morgan fingerprint density at radius 3 is 2.53 bits per heavy atom. The molecule has 1 heterocycles. The summed E-state index contributed by atoms with van der Waals surface area (Å²) in [5, 5.41) is 10.7. The summed E-state index contributed by atoms with van der Waals surface area (Å²) in [6.07, 6.45) is 6.88. The Kier molecular flexibility index (Phi) is 6.96. The molecule has 5 heteroatoms. The Morgan fingerprint density at radius 1 is 1.09 bits per heavy atom. The van der Waals surface area contributed by atoms with E-state index in [4.69, 9.17) is 0 Å². The Bertz CT molecular complexity index is 1020. The molecule has 1 amide bonds. The van der Waals surface area contributed by atoms with Crippen LogP contribution in [0.2, 0.25) is 0 Å². The maximum absolute atomic E-state index is 13.1. The van der Waals surface area contributed by atoms with Crippen LogP contribution >= 0.6 is 0 Å². The van der Waals surface area contributed by atoms with Gasteiger partial charge in [-0.1, -0.05) is 30.3 Å². The molecule has 0 spiro atoms. The van der Waals surface area contributed by atoms with Crippen LogP contribution in [0.3, 0.4) is 0 Å². The Balaban J connectivity index is 1.31. The Hall–Kier alpha value is -3.05. The van der Waals surface area contributed by atoms with Crippen molar-refractivity contribution in [1.29, 1.82) is 0 Å². The van der Waals surface area contributed by atoms with Crippen LogP contribution in [0.5, 0.6) is 0 Å². The van der Waals surface area contributed by atoms with Crippen LogP contribution in [0, 0.1) is 17.7 Å². The van der Waals surface area contributed by atoms with Gasteiger partial charge in [0.05, 0.1) is 6.10 Å². The Labute approximate surface area is 188 Å². The molecule has 0 bridgehead atoms. The Morgan fingerprint density at radius 2 is 1.84 bits per heavy atom. The minimum absolute atomic E-state index is 0.0104. The minimum Gasteiger partial charge on any atom is -0.388 e. The van der Waals surface area contributed by atoms with Crippen LogP contribution in [0.25, 0.3) is 0 Å². The number of pyridine rings is 1. The van der Waals surface area contributed by atoms with Gasteiger partial charge in [0, 0.05) is 31.5 Å². The van der Waals surface area contributed by atoms with Gasteiger partial charge in [0.15, 0.2) is 0 Å². The van der Waals surface area contributed by atoms with Crippen molar-refractivity contribution in [2.75, 3.05) is 7.05 Å². The molecule has 1 fully saturated rings. The third-order valence-corrected chi connectivity index (χ3v) is 6.45. The summed E-state index contributed by atoms with van der Waals surface area (Å²) in [6.45, 7) is 0.522. The van der Waals surface area contributed by atoms with Gasteiger partial charge >= 0.3 is 0 Å². The molecule has 3 aromatic rings. The van der Waals surface area contributed by atoms with Crippen LogP contribution in [-0.2, 0) is 13.0 Å². The molecule has 166 valence electrons. The zero-order valence-corrected chi connectivity index (χ0v) is 18.3. The lowest BCUT2D eigenvalue weighted by atomic mass is 9.91. The fourth-order valence-electron chi connectivity index (χ4n) is 4.69. The number of carbonyl (C=O) groups is 1. The first-order valence-corrected chi connectivity index (χ1v) is 11.2. The van der Waals surface area contributed by atoms with Crippen molar-refractivity contribution in [3.63, 3.8) is 0 Å². The lowest BCUT2D eigenvalue weighted by Gasteiger charge is -2.19. The van der Waals surface area contributed by atoms with Gasteiger partial charge in [-0.3, -0.25) is 9.78 Å².